The summed E-state index contributed by atoms with van der Waals surface area (Å²) >= 11 is 12.6. The van der Waals surface area contributed by atoms with Gasteiger partial charge in [-0.15, -0.1) is 0 Å². The summed E-state index contributed by atoms with van der Waals surface area (Å²) in [5, 5.41) is 19.4. The number of nitrogens with one attached hydrogen (secondary N) is 3. The molecule has 4 aromatic carbocycles. The Morgan fingerprint density at radius 1 is 0.776 bits per heavy atom. The molecule has 408 valence electrons. The van der Waals surface area contributed by atoms with Gasteiger partial charge in [0, 0.05) is 73.9 Å². The number of carbonyl (C=O) groups excluding carboxylic acids is 5. The summed E-state index contributed by atoms with van der Waals surface area (Å²) in [6.45, 7) is 9.34. The lowest BCUT2D eigenvalue weighted by atomic mass is 9.94. The molecule has 5 aromatic rings. The van der Waals surface area contributed by atoms with Crippen molar-refractivity contribution in [2.75, 3.05) is 34.7 Å². The van der Waals surface area contributed by atoms with E-state index in [0.29, 0.717) is 33.7 Å². The van der Waals surface area contributed by atoms with Crippen molar-refractivity contribution in [2.45, 2.75) is 110 Å². The molecule has 1 heterocycles. The Morgan fingerprint density at radius 2 is 1.42 bits per heavy atom. The molecule has 0 aliphatic heterocycles. The van der Waals surface area contributed by atoms with Gasteiger partial charge in [0.2, 0.25) is 23.6 Å². The summed E-state index contributed by atoms with van der Waals surface area (Å²) in [6.07, 6.45) is 1.20. The second-order valence-electron chi connectivity index (χ2n) is 20.4. The lowest BCUT2D eigenvalue weighted by Gasteiger charge is -2.33. The topological polar surface area (TPSA) is 205 Å². The zero-order chi connectivity index (χ0) is 55.9. The van der Waals surface area contributed by atoms with Crippen LogP contribution in [0, 0.1) is 5.92 Å². The van der Waals surface area contributed by atoms with E-state index in [1.165, 1.54) is 16.8 Å². The number of benzene rings is 4. The Bertz CT molecular complexity index is 2770. The zero-order valence-electron chi connectivity index (χ0n) is 45.1. The number of carbonyl (C=O) groups is 6. The van der Waals surface area contributed by atoms with E-state index in [1.54, 1.807) is 84.1 Å². The lowest BCUT2D eigenvalue weighted by Crippen LogP contribution is -2.55. The van der Waals surface area contributed by atoms with Gasteiger partial charge in [-0.1, -0.05) is 71.7 Å². The maximum Gasteiger partial charge on any atom is 0.308 e. The number of hydrogen-bond donors (Lipinski definition) is 4. The number of likely N-dealkylation sites (N-methyl/N-ethyl adjacent to an activating group) is 2. The number of rotatable bonds is 26. The van der Waals surface area contributed by atoms with Crippen LogP contribution in [0.15, 0.2) is 103 Å². The van der Waals surface area contributed by atoms with Gasteiger partial charge >= 0.3 is 11.9 Å². The molecular formula is C57H72Cl2N8O9. The van der Waals surface area contributed by atoms with Crippen molar-refractivity contribution in [3.05, 3.63) is 136 Å². The molecule has 0 aliphatic carbocycles. The number of imidazole rings is 1. The molecule has 17 nitrogen and oxygen atoms in total. The highest BCUT2D eigenvalue weighted by atomic mass is 35.5. The summed E-state index contributed by atoms with van der Waals surface area (Å²) in [4.78, 5) is 90.8. The van der Waals surface area contributed by atoms with Crippen molar-refractivity contribution in [1.29, 1.82) is 0 Å². The third-order valence-corrected chi connectivity index (χ3v) is 13.2. The van der Waals surface area contributed by atoms with Gasteiger partial charge in [0.15, 0.2) is 0 Å². The van der Waals surface area contributed by atoms with Gasteiger partial charge in [0.05, 0.1) is 43.2 Å². The third-order valence-electron chi connectivity index (χ3n) is 12.7. The molecule has 0 radical (unpaired) electrons. The van der Waals surface area contributed by atoms with Gasteiger partial charge in [-0.05, 0) is 121 Å². The standard InChI is InChI=1S/C57H72Cl2N8O9/c1-36(65(8)55(73)42(28-52(69)70)26-38-14-12-11-13-15-38)32-62-51(68)30-45(27-39-16-21-43(58)22-17-39)66(9)56(74)47(31-53(71)76-57(3,4)5)63-54(72)37(2)60-33-41-18-23-44(59)29-49(41)75-46-24-19-40(20-25-46)48-34-61-50(67(48)10)35-64(6)7/h11-25,29,34,36-37,42,45,47,60H,26-28,30-33,35H2,1-10H3,(H,62,68)(H,63,72)(H,69,70)/t36-,37-,42?,45?,47-/m0/s1. The summed E-state index contributed by atoms with van der Waals surface area (Å²) in [5.41, 5.74) is 3.30. The third kappa shape index (κ3) is 18.5. The van der Waals surface area contributed by atoms with Crippen LogP contribution in [-0.4, -0.2) is 129 Å². The molecule has 5 atom stereocenters. The number of hydrogen-bond acceptors (Lipinski definition) is 11. The maximum atomic E-state index is 14.7. The normalized spacial score (nSPS) is 13.4. The minimum Gasteiger partial charge on any atom is -0.481 e. The van der Waals surface area contributed by atoms with Gasteiger partial charge in [-0.3, -0.25) is 28.8 Å². The maximum absolute atomic E-state index is 14.7. The highest BCUT2D eigenvalue weighted by Gasteiger charge is 2.34. The molecule has 0 spiro atoms. The van der Waals surface area contributed by atoms with Crippen molar-refractivity contribution in [2.24, 2.45) is 13.0 Å². The first-order valence-corrected chi connectivity index (χ1v) is 25.9. The summed E-state index contributed by atoms with van der Waals surface area (Å²) in [5.74, 6) is -2.74. The van der Waals surface area contributed by atoms with Crippen molar-refractivity contribution in [3.8, 4) is 22.8 Å². The average Bonchev–Trinajstić information content (AvgIpc) is 3.72. The van der Waals surface area contributed by atoms with Gasteiger partial charge in [0.25, 0.3) is 0 Å². The molecule has 0 saturated heterocycles. The van der Waals surface area contributed by atoms with Crippen LogP contribution >= 0.6 is 23.2 Å². The fourth-order valence-corrected chi connectivity index (χ4v) is 8.64. The van der Waals surface area contributed by atoms with E-state index < -0.39 is 71.8 Å². The van der Waals surface area contributed by atoms with Gasteiger partial charge in [-0.2, -0.15) is 0 Å². The summed E-state index contributed by atoms with van der Waals surface area (Å²) in [7, 11) is 9.04. The molecule has 0 bridgehead atoms. The first-order chi connectivity index (χ1) is 35.9. The van der Waals surface area contributed by atoms with E-state index in [4.69, 9.17) is 32.7 Å². The molecule has 2 unspecified atom stereocenters. The number of halogens is 2. The minimum absolute atomic E-state index is 0.0294. The van der Waals surface area contributed by atoms with Crippen LogP contribution in [0.5, 0.6) is 11.5 Å². The largest absolute Gasteiger partial charge is 0.481 e. The van der Waals surface area contributed by atoms with Crippen molar-refractivity contribution >= 4 is 58.8 Å². The average molecular weight is 1080 g/mol. The van der Waals surface area contributed by atoms with E-state index in [0.717, 1.165) is 28.2 Å². The Morgan fingerprint density at radius 3 is 2.05 bits per heavy atom. The molecule has 0 saturated carbocycles. The molecule has 0 fully saturated rings. The second kappa shape index (κ2) is 27.8. The molecule has 4 N–H and O–H groups in total. The van der Waals surface area contributed by atoms with Crippen LogP contribution in [0.25, 0.3) is 11.3 Å². The lowest BCUT2D eigenvalue weighted by molar-refractivity contribution is -0.157. The van der Waals surface area contributed by atoms with Crippen LogP contribution in [0.2, 0.25) is 10.0 Å². The number of esters is 1. The monoisotopic (exact) mass is 1080 g/mol. The van der Waals surface area contributed by atoms with E-state index in [9.17, 15) is 33.9 Å². The van der Waals surface area contributed by atoms with E-state index >= 15 is 0 Å². The van der Waals surface area contributed by atoms with Crippen LogP contribution in [0.4, 0.5) is 0 Å². The van der Waals surface area contributed by atoms with Gasteiger partial charge in [-0.25, -0.2) is 4.98 Å². The van der Waals surface area contributed by atoms with Gasteiger partial charge < -0.3 is 49.8 Å². The zero-order valence-corrected chi connectivity index (χ0v) is 46.6. The van der Waals surface area contributed by atoms with Gasteiger partial charge in [0.1, 0.15) is 29.0 Å². The van der Waals surface area contributed by atoms with Crippen LogP contribution in [0.1, 0.15) is 76.4 Å². The fraction of sp³-hybridized carbons (Fsp3) is 0.421. The summed E-state index contributed by atoms with van der Waals surface area (Å²) in [6, 6.07) is 25.3. The fourth-order valence-electron chi connectivity index (χ4n) is 8.35. The van der Waals surface area contributed by atoms with E-state index in [2.05, 4.69) is 30.4 Å². The number of carboxylic acid groups (broad SMARTS) is 1. The first-order valence-electron chi connectivity index (χ1n) is 25.1. The Kier molecular flexibility index (Phi) is 22.0. The van der Waals surface area contributed by atoms with Crippen molar-refractivity contribution < 1.29 is 43.3 Å². The first kappa shape index (κ1) is 60.1. The van der Waals surface area contributed by atoms with Crippen molar-refractivity contribution in [3.63, 3.8) is 0 Å². The quantitative estimate of drug-likeness (QED) is 0.0394. The van der Waals surface area contributed by atoms with Crippen LogP contribution in [0.3, 0.4) is 0 Å². The predicted octanol–water partition coefficient (Wildman–Crippen LogP) is 7.70. The molecule has 76 heavy (non-hydrogen) atoms. The number of ether oxygens (including phenoxy) is 2. The number of nitrogens with zero attached hydrogens (tertiary/aromatic N) is 5. The molecule has 0 aliphatic rings. The Hall–Kier alpha value is -6.79. The van der Waals surface area contributed by atoms with E-state index in [-0.39, 0.29) is 44.7 Å². The molecule has 5 rings (SSSR count). The number of amides is 4. The molecule has 1 aromatic heterocycles. The summed E-state index contributed by atoms with van der Waals surface area (Å²) < 4.78 is 14.0. The Labute approximate surface area is 456 Å². The van der Waals surface area contributed by atoms with Crippen molar-refractivity contribution in [1.82, 2.24) is 40.2 Å². The SMILES string of the molecule is C[C@H](NCc1ccc(Cl)cc1Oc1ccc(-c2cnc(CN(C)C)n2C)cc1)C(=O)N[C@@H](CC(=O)OC(C)(C)C)C(=O)N(C)C(CC(=O)NC[C@H](C)N(C)C(=O)C(CC(=O)O)Cc1ccccc1)Cc1ccc(Cl)cc1. The minimum atomic E-state index is -1.40. The van der Waals surface area contributed by atoms with Crippen LogP contribution < -0.4 is 20.7 Å². The number of carboxylic acids is 1. The van der Waals surface area contributed by atoms with Crippen LogP contribution in [-0.2, 0) is 66.5 Å². The second-order valence-corrected chi connectivity index (χ2v) is 21.3. The number of aromatic nitrogens is 2. The predicted molar refractivity (Wildman–Crippen MR) is 294 cm³/mol. The highest BCUT2D eigenvalue weighted by molar-refractivity contribution is 6.31. The number of aliphatic carboxylic acids is 1. The molecule has 4 amide bonds. The van der Waals surface area contributed by atoms with E-state index in [1.807, 2.05) is 81.9 Å². The Balaban J connectivity index is 1.28. The molecular weight excluding hydrogens is 1010 g/mol. The molecule has 19 heteroatoms. The highest BCUT2D eigenvalue weighted by Crippen LogP contribution is 2.31. The smallest absolute Gasteiger partial charge is 0.308 e.